The summed E-state index contributed by atoms with van der Waals surface area (Å²) in [6.45, 7) is 9.01. The maximum Gasteiger partial charge on any atom is 0.151 e. The lowest BCUT2D eigenvalue weighted by Gasteiger charge is -2.20. The Morgan fingerprint density at radius 3 is 2.53 bits per heavy atom. The van der Waals surface area contributed by atoms with Crippen LogP contribution in [0.2, 0.25) is 0 Å². The largest absolute Gasteiger partial charge is 0.315 e. The average molecular weight is 262 g/mol. The van der Waals surface area contributed by atoms with Crippen LogP contribution in [0.15, 0.2) is 0 Å². The second kappa shape index (κ2) is 7.34. The molecule has 102 valence electrons. The molecule has 4 nitrogen and oxygen atoms in total. The molecule has 1 unspecified atom stereocenters. The van der Waals surface area contributed by atoms with Crippen molar-refractivity contribution in [1.82, 2.24) is 10.2 Å². The number of rotatable bonds is 8. The summed E-state index contributed by atoms with van der Waals surface area (Å²) in [4.78, 5) is 2.50. The van der Waals surface area contributed by atoms with Gasteiger partial charge in [-0.1, -0.05) is 13.8 Å². The Morgan fingerprint density at radius 2 is 1.94 bits per heavy atom. The summed E-state index contributed by atoms with van der Waals surface area (Å²) in [5.74, 6) is 1.11. The van der Waals surface area contributed by atoms with Crippen molar-refractivity contribution < 1.29 is 8.42 Å². The van der Waals surface area contributed by atoms with Crippen LogP contribution in [-0.2, 0) is 9.84 Å². The smallest absolute Gasteiger partial charge is 0.151 e. The van der Waals surface area contributed by atoms with E-state index < -0.39 is 9.84 Å². The van der Waals surface area contributed by atoms with Gasteiger partial charge in [-0.2, -0.15) is 0 Å². The van der Waals surface area contributed by atoms with E-state index in [1.165, 1.54) is 25.9 Å². The number of likely N-dealkylation sites (tertiary alicyclic amines) is 1. The lowest BCUT2D eigenvalue weighted by Crippen LogP contribution is -2.33. The third-order valence-electron chi connectivity index (χ3n) is 3.29. The van der Waals surface area contributed by atoms with Gasteiger partial charge in [0.25, 0.3) is 0 Å². The van der Waals surface area contributed by atoms with Gasteiger partial charge in [-0.15, -0.1) is 0 Å². The fraction of sp³-hybridized carbons (Fsp3) is 1.00. The molecule has 0 aromatic carbocycles. The Bertz CT molecular complexity index is 298. The molecule has 0 saturated carbocycles. The minimum absolute atomic E-state index is 0.248. The van der Waals surface area contributed by atoms with Crippen LogP contribution < -0.4 is 5.32 Å². The molecule has 1 heterocycles. The molecule has 0 aromatic heterocycles. The summed E-state index contributed by atoms with van der Waals surface area (Å²) in [6.07, 6.45) is 2.66. The maximum absolute atomic E-state index is 11.3. The lowest BCUT2D eigenvalue weighted by atomic mass is 10.1. The molecule has 1 rings (SSSR count). The van der Waals surface area contributed by atoms with Gasteiger partial charge in [0.15, 0.2) is 9.84 Å². The first-order chi connectivity index (χ1) is 8.03. The van der Waals surface area contributed by atoms with Gasteiger partial charge in [-0.3, -0.25) is 0 Å². The molecular weight excluding hydrogens is 236 g/mol. The van der Waals surface area contributed by atoms with Gasteiger partial charge < -0.3 is 10.2 Å². The van der Waals surface area contributed by atoms with E-state index in [4.69, 9.17) is 0 Å². The Labute approximate surface area is 106 Å². The SMILES string of the molecule is CCS(=O)(=O)CCNCC(C)CN1CCCC1. The van der Waals surface area contributed by atoms with E-state index in [1.54, 1.807) is 6.92 Å². The number of nitrogens with one attached hydrogen (secondary N) is 1. The molecule has 0 aliphatic carbocycles. The third kappa shape index (κ3) is 6.38. The first-order valence-corrected chi connectivity index (χ1v) is 8.49. The van der Waals surface area contributed by atoms with Gasteiger partial charge in [0.1, 0.15) is 0 Å². The molecule has 1 aliphatic heterocycles. The molecule has 5 heteroatoms. The fourth-order valence-electron chi connectivity index (χ4n) is 2.19. The Hall–Kier alpha value is -0.130. The molecular formula is C12H26N2O2S. The van der Waals surface area contributed by atoms with Crippen LogP contribution in [0.1, 0.15) is 26.7 Å². The molecule has 1 N–H and O–H groups in total. The minimum Gasteiger partial charge on any atom is -0.315 e. The molecule has 0 spiro atoms. The molecule has 17 heavy (non-hydrogen) atoms. The van der Waals surface area contributed by atoms with Crippen LogP contribution in [0, 0.1) is 5.92 Å². The van der Waals surface area contributed by atoms with Crippen LogP contribution in [0.5, 0.6) is 0 Å². The average Bonchev–Trinajstić information content (AvgIpc) is 2.77. The van der Waals surface area contributed by atoms with E-state index in [1.807, 2.05) is 0 Å². The zero-order valence-electron chi connectivity index (χ0n) is 11.1. The number of sulfone groups is 1. The van der Waals surface area contributed by atoms with Crippen molar-refractivity contribution in [3.8, 4) is 0 Å². The van der Waals surface area contributed by atoms with Gasteiger partial charge in [0.2, 0.25) is 0 Å². The van der Waals surface area contributed by atoms with Crippen molar-refractivity contribution in [2.75, 3.05) is 44.2 Å². The highest BCUT2D eigenvalue weighted by Gasteiger charge is 2.14. The van der Waals surface area contributed by atoms with Crippen molar-refractivity contribution in [2.45, 2.75) is 26.7 Å². The quantitative estimate of drug-likeness (QED) is 0.656. The maximum atomic E-state index is 11.3. The summed E-state index contributed by atoms with van der Waals surface area (Å²) >= 11 is 0. The number of hydrogen-bond acceptors (Lipinski definition) is 4. The molecule has 0 radical (unpaired) electrons. The van der Waals surface area contributed by atoms with Crippen LogP contribution in [0.25, 0.3) is 0 Å². The highest BCUT2D eigenvalue weighted by Crippen LogP contribution is 2.09. The summed E-state index contributed by atoms with van der Waals surface area (Å²) in [6, 6.07) is 0. The highest BCUT2D eigenvalue weighted by molar-refractivity contribution is 7.91. The van der Waals surface area contributed by atoms with Crippen LogP contribution in [0.4, 0.5) is 0 Å². The van der Waals surface area contributed by atoms with E-state index in [-0.39, 0.29) is 11.5 Å². The molecule has 0 amide bonds. The van der Waals surface area contributed by atoms with Crippen LogP contribution in [-0.4, -0.2) is 57.5 Å². The van der Waals surface area contributed by atoms with Gasteiger partial charge >= 0.3 is 0 Å². The van der Waals surface area contributed by atoms with E-state index in [2.05, 4.69) is 17.1 Å². The van der Waals surface area contributed by atoms with Crippen molar-refractivity contribution >= 4 is 9.84 Å². The second-order valence-corrected chi connectivity index (χ2v) is 7.53. The number of nitrogens with zero attached hydrogens (tertiary/aromatic N) is 1. The van der Waals surface area contributed by atoms with Gasteiger partial charge in [0.05, 0.1) is 5.75 Å². The van der Waals surface area contributed by atoms with Gasteiger partial charge in [-0.05, 0) is 38.4 Å². The Balaban J connectivity index is 2.05. The predicted molar refractivity (Wildman–Crippen MR) is 72.0 cm³/mol. The van der Waals surface area contributed by atoms with Crippen molar-refractivity contribution in [3.63, 3.8) is 0 Å². The summed E-state index contributed by atoms with van der Waals surface area (Å²) in [5.41, 5.74) is 0. The van der Waals surface area contributed by atoms with Crippen molar-refractivity contribution in [1.29, 1.82) is 0 Å². The topological polar surface area (TPSA) is 49.4 Å². The van der Waals surface area contributed by atoms with Crippen molar-refractivity contribution in [2.24, 2.45) is 5.92 Å². The van der Waals surface area contributed by atoms with Crippen LogP contribution in [0.3, 0.4) is 0 Å². The van der Waals surface area contributed by atoms with Gasteiger partial charge in [0, 0.05) is 18.8 Å². The summed E-state index contributed by atoms with van der Waals surface area (Å²) in [5, 5.41) is 3.24. The zero-order valence-corrected chi connectivity index (χ0v) is 11.9. The highest BCUT2D eigenvalue weighted by atomic mass is 32.2. The normalized spacial score (nSPS) is 19.6. The third-order valence-corrected chi connectivity index (χ3v) is 5.00. The molecule has 1 fully saturated rings. The number of hydrogen-bond donors (Lipinski definition) is 1. The Morgan fingerprint density at radius 1 is 1.29 bits per heavy atom. The summed E-state index contributed by atoms with van der Waals surface area (Å²) in [7, 11) is -2.81. The van der Waals surface area contributed by atoms with E-state index in [0.717, 1.165) is 13.1 Å². The first-order valence-electron chi connectivity index (χ1n) is 6.67. The van der Waals surface area contributed by atoms with Crippen LogP contribution >= 0.6 is 0 Å². The fourth-order valence-corrected chi connectivity index (χ4v) is 2.94. The molecule has 1 aliphatic rings. The lowest BCUT2D eigenvalue weighted by molar-refractivity contribution is 0.284. The monoisotopic (exact) mass is 262 g/mol. The minimum atomic E-state index is -2.81. The van der Waals surface area contributed by atoms with Crippen molar-refractivity contribution in [3.05, 3.63) is 0 Å². The van der Waals surface area contributed by atoms with E-state index in [9.17, 15) is 8.42 Å². The van der Waals surface area contributed by atoms with E-state index >= 15 is 0 Å². The zero-order chi connectivity index (χ0) is 12.7. The first kappa shape index (κ1) is 14.9. The van der Waals surface area contributed by atoms with Gasteiger partial charge in [-0.25, -0.2) is 8.42 Å². The molecule has 0 aromatic rings. The standard InChI is InChI=1S/C12H26N2O2S/c1-3-17(15,16)9-6-13-10-12(2)11-14-7-4-5-8-14/h12-13H,3-11H2,1-2H3. The predicted octanol–water partition coefficient (Wildman–Crippen LogP) is 0.743. The molecule has 1 saturated heterocycles. The molecule has 1 atom stereocenters. The molecule has 0 bridgehead atoms. The second-order valence-electron chi connectivity index (χ2n) is 5.05. The van der Waals surface area contributed by atoms with E-state index in [0.29, 0.717) is 12.5 Å². The summed E-state index contributed by atoms with van der Waals surface area (Å²) < 4.78 is 22.5. The Kier molecular flexibility index (Phi) is 6.44.